The fraction of sp³-hybridized carbons (Fsp3) is 0.385. The predicted molar refractivity (Wildman–Crippen MR) is 75.8 cm³/mol. The van der Waals surface area contributed by atoms with Crippen molar-refractivity contribution in [3.8, 4) is 11.5 Å². The first-order valence-corrected chi connectivity index (χ1v) is 7.26. The molecule has 0 radical (unpaired) electrons. The molecule has 0 saturated carbocycles. The minimum Gasteiger partial charge on any atom is -0.480 e. The number of aliphatic carboxylic acids is 1. The van der Waals surface area contributed by atoms with E-state index in [0.29, 0.717) is 11.8 Å². The van der Waals surface area contributed by atoms with Crippen molar-refractivity contribution in [3.63, 3.8) is 0 Å². The van der Waals surface area contributed by atoms with Crippen molar-refractivity contribution in [2.75, 3.05) is 7.05 Å². The molecule has 2 aromatic heterocycles. The third kappa shape index (κ3) is 3.66. The van der Waals surface area contributed by atoms with E-state index in [1.807, 2.05) is 16.8 Å². The average Bonchev–Trinajstić information content (AvgIpc) is 3.13. The summed E-state index contributed by atoms with van der Waals surface area (Å²) in [6, 6.07) is 1.01. The number of carbonyl (C=O) groups is 2. The van der Waals surface area contributed by atoms with Crippen molar-refractivity contribution >= 4 is 23.2 Å². The van der Waals surface area contributed by atoms with Crippen LogP contribution in [0.4, 0.5) is 0 Å². The van der Waals surface area contributed by atoms with Gasteiger partial charge in [0.1, 0.15) is 6.04 Å². The summed E-state index contributed by atoms with van der Waals surface area (Å²) >= 11 is 1.53. The molecule has 0 aliphatic rings. The molecule has 0 spiro atoms. The van der Waals surface area contributed by atoms with Gasteiger partial charge in [-0.25, -0.2) is 4.79 Å². The third-order valence-corrected chi connectivity index (χ3v) is 3.80. The summed E-state index contributed by atoms with van der Waals surface area (Å²) in [6.45, 7) is 1.46. The Morgan fingerprint density at radius 2 is 2.24 bits per heavy atom. The number of carboxylic acids is 1. The average molecular weight is 309 g/mol. The monoisotopic (exact) mass is 309 g/mol. The number of aromatic nitrogens is 2. The third-order valence-electron chi connectivity index (χ3n) is 3.12. The quantitative estimate of drug-likeness (QED) is 0.871. The lowest BCUT2D eigenvalue weighted by Crippen LogP contribution is -2.40. The molecule has 1 N–H and O–H groups in total. The predicted octanol–water partition coefficient (Wildman–Crippen LogP) is 1.66. The van der Waals surface area contributed by atoms with Crippen LogP contribution in [0.25, 0.3) is 11.5 Å². The summed E-state index contributed by atoms with van der Waals surface area (Å²) in [5.74, 6) is -0.532. The zero-order chi connectivity index (χ0) is 15.4. The van der Waals surface area contributed by atoms with Gasteiger partial charge in [-0.3, -0.25) is 4.79 Å². The number of hydrogen-bond acceptors (Lipinski definition) is 6. The minimum absolute atomic E-state index is 0.124. The number of nitrogens with zero attached hydrogens (tertiary/aromatic N) is 3. The van der Waals surface area contributed by atoms with Crippen LogP contribution in [-0.4, -0.2) is 45.2 Å². The van der Waals surface area contributed by atoms with Crippen LogP contribution >= 0.6 is 11.3 Å². The highest BCUT2D eigenvalue weighted by Crippen LogP contribution is 2.20. The number of rotatable bonds is 6. The van der Waals surface area contributed by atoms with E-state index in [-0.39, 0.29) is 18.7 Å². The maximum absolute atomic E-state index is 11.9. The van der Waals surface area contributed by atoms with Crippen LogP contribution in [0.1, 0.15) is 19.2 Å². The maximum Gasteiger partial charge on any atom is 0.326 e. The lowest BCUT2D eigenvalue weighted by molar-refractivity contribution is -0.148. The smallest absolute Gasteiger partial charge is 0.326 e. The van der Waals surface area contributed by atoms with Crippen LogP contribution < -0.4 is 0 Å². The molecule has 0 aromatic carbocycles. The number of thiophene rings is 1. The summed E-state index contributed by atoms with van der Waals surface area (Å²) < 4.78 is 5.46. The molecule has 2 heterocycles. The standard InChI is InChI=1S/C13H15N3O4S/c1-8(13(18)19)16(2)11(17)4-3-10-14-15-12(20-10)9-5-6-21-7-9/h5-8H,3-4H2,1-2H3,(H,18,19). The molecule has 0 fully saturated rings. The van der Waals surface area contributed by atoms with Crippen LogP contribution in [0.5, 0.6) is 0 Å². The molecule has 0 bridgehead atoms. The second kappa shape index (κ2) is 6.49. The van der Waals surface area contributed by atoms with E-state index in [9.17, 15) is 9.59 Å². The Morgan fingerprint density at radius 1 is 1.48 bits per heavy atom. The first kappa shape index (κ1) is 15.2. The molecule has 8 heteroatoms. The summed E-state index contributed by atoms with van der Waals surface area (Å²) in [5.41, 5.74) is 0.849. The Morgan fingerprint density at radius 3 is 2.86 bits per heavy atom. The minimum atomic E-state index is -1.04. The van der Waals surface area contributed by atoms with E-state index >= 15 is 0 Å². The highest BCUT2D eigenvalue weighted by Gasteiger charge is 2.22. The van der Waals surface area contributed by atoms with Gasteiger partial charge in [-0.2, -0.15) is 11.3 Å². The van der Waals surface area contributed by atoms with Crippen molar-refractivity contribution in [1.82, 2.24) is 15.1 Å². The van der Waals surface area contributed by atoms with Gasteiger partial charge in [0.15, 0.2) is 0 Å². The van der Waals surface area contributed by atoms with Crippen LogP contribution in [0.2, 0.25) is 0 Å². The first-order valence-electron chi connectivity index (χ1n) is 6.32. The Kier molecular flexibility index (Phi) is 4.69. The zero-order valence-corrected chi connectivity index (χ0v) is 12.5. The molecular formula is C13H15N3O4S. The zero-order valence-electron chi connectivity index (χ0n) is 11.6. The Bertz CT molecular complexity index is 623. The molecule has 112 valence electrons. The van der Waals surface area contributed by atoms with Crippen molar-refractivity contribution in [1.29, 1.82) is 0 Å². The molecule has 0 aliphatic heterocycles. The largest absolute Gasteiger partial charge is 0.480 e. The van der Waals surface area contributed by atoms with Crippen LogP contribution in [-0.2, 0) is 16.0 Å². The van der Waals surface area contributed by atoms with Crippen molar-refractivity contribution < 1.29 is 19.1 Å². The van der Waals surface area contributed by atoms with Gasteiger partial charge in [0.2, 0.25) is 17.7 Å². The van der Waals surface area contributed by atoms with E-state index < -0.39 is 12.0 Å². The fourth-order valence-electron chi connectivity index (χ4n) is 1.63. The van der Waals surface area contributed by atoms with Gasteiger partial charge in [0, 0.05) is 30.8 Å². The number of aryl methyl sites for hydroxylation is 1. The Labute approximate surface area is 125 Å². The van der Waals surface area contributed by atoms with Crippen LogP contribution in [0.3, 0.4) is 0 Å². The molecule has 1 amide bonds. The van der Waals surface area contributed by atoms with Crippen molar-refractivity contribution in [2.24, 2.45) is 0 Å². The lowest BCUT2D eigenvalue weighted by atomic mass is 10.2. The number of carboxylic acid groups (broad SMARTS) is 1. The Hall–Kier alpha value is -2.22. The highest BCUT2D eigenvalue weighted by molar-refractivity contribution is 7.08. The number of likely N-dealkylation sites (N-methyl/N-ethyl adjacent to an activating group) is 1. The molecule has 1 atom stereocenters. The maximum atomic E-state index is 11.9. The summed E-state index contributed by atoms with van der Waals surface area (Å²) in [6.07, 6.45) is 0.409. The van der Waals surface area contributed by atoms with Crippen LogP contribution in [0, 0.1) is 0 Å². The molecular weight excluding hydrogens is 294 g/mol. The van der Waals surface area contributed by atoms with E-state index in [0.717, 1.165) is 5.56 Å². The SMILES string of the molecule is CC(C(=O)O)N(C)C(=O)CCc1nnc(-c2ccsc2)o1. The second-order valence-corrected chi connectivity index (χ2v) is 5.31. The van der Waals surface area contributed by atoms with E-state index in [1.165, 1.54) is 30.2 Å². The Balaban J connectivity index is 1.91. The van der Waals surface area contributed by atoms with Crippen LogP contribution in [0.15, 0.2) is 21.2 Å². The molecule has 21 heavy (non-hydrogen) atoms. The second-order valence-electron chi connectivity index (χ2n) is 4.53. The first-order chi connectivity index (χ1) is 9.99. The van der Waals surface area contributed by atoms with Crippen molar-refractivity contribution in [3.05, 3.63) is 22.7 Å². The molecule has 0 saturated heterocycles. The summed E-state index contributed by atoms with van der Waals surface area (Å²) in [7, 11) is 1.46. The molecule has 7 nitrogen and oxygen atoms in total. The van der Waals surface area contributed by atoms with E-state index in [1.54, 1.807) is 0 Å². The summed E-state index contributed by atoms with van der Waals surface area (Å²) in [4.78, 5) is 23.9. The topological polar surface area (TPSA) is 96.5 Å². The van der Waals surface area contributed by atoms with Gasteiger partial charge in [0.25, 0.3) is 0 Å². The van der Waals surface area contributed by atoms with Gasteiger partial charge in [-0.1, -0.05) is 0 Å². The fourth-order valence-corrected chi connectivity index (χ4v) is 2.26. The molecule has 2 aromatic rings. The normalized spacial score (nSPS) is 12.1. The highest BCUT2D eigenvalue weighted by atomic mass is 32.1. The lowest BCUT2D eigenvalue weighted by Gasteiger charge is -2.20. The number of hydrogen-bond donors (Lipinski definition) is 1. The van der Waals surface area contributed by atoms with Crippen molar-refractivity contribution in [2.45, 2.75) is 25.8 Å². The molecule has 1 unspecified atom stereocenters. The van der Waals surface area contributed by atoms with E-state index in [2.05, 4.69) is 10.2 Å². The molecule has 0 aliphatic carbocycles. The summed E-state index contributed by atoms with van der Waals surface area (Å²) in [5, 5.41) is 20.5. The number of carbonyl (C=O) groups excluding carboxylic acids is 1. The number of amides is 1. The van der Waals surface area contributed by atoms with E-state index in [4.69, 9.17) is 9.52 Å². The van der Waals surface area contributed by atoms with Gasteiger partial charge in [-0.15, -0.1) is 10.2 Å². The van der Waals surface area contributed by atoms with Gasteiger partial charge in [-0.05, 0) is 18.4 Å². The van der Waals surface area contributed by atoms with Gasteiger partial charge in [0.05, 0.1) is 0 Å². The molecule has 2 rings (SSSR count). The van der Waals surface area contributed by atoms with Gasteiger partial charge >= 0.3 is 5.97 Å². The van der Waals surface area contributed by atoms with Gasteiger partial charge < -0.3 is 14.4 Å².